The molecule has 0 radical (unpaired) electrons. The molecule has 45 heavy (non-hydrogen) atoms. The number of benzene rings is 2. The molecule has 0 aromatic heterocycles. The van der Waals surface area contributed by atoms with E-state index < -0.39 is 35.3 Å². The minimum absolute atomic E-state index is 0.133. The molecule has 0 bridgehead atoms. The summed E-state index contributed by atoms with van der Waals surface area (Å²) in [7, 11) is -5.57. The molecule has 0 aliphatic carbocycles. The minimum atomic E-state index is -2.79. The second-order valence-corrected chi connectivity index (χ2v) is 14.5. The van der Waals surface area contributed by atoms with Crippen molar-refractivity contribution in [2.24, 2.45) is 5.41 Å². The van der Waals surface area contributed by atoms with Crippen molar-refractivity contribution in [1.82, 2.24) is 0 Å². The molecule has 5 N–H and O–H groups in total. The molecule has 2 aromatic carbocycles. The maximum Gasteiger partial charge on any atom is 0.327 e. The number of aliphatic hydroxyl groups is 1. The number of rotatable bonds is 19. The number of hydrogen-bond acceptors (Lipinski definition) is 8. The maximum absolute atomic E-state index is 11.3. The van der Waals surface area contributed by atoms with Crippen molar-refractivity contribution < 1.29 is 38.5 Å². The van der Waals surface area contributed by atoms with Gasteiger partial charge >= 0.3 is 17.2 Å². The summed E-state index contributed by atoms with van der Waals surface area (Å²) in [4.78, 5) is 39.6. The summed E-state index contributed by atoms with van der Waals surface area (Å²) in [5.74, 6) is 1.35. The van der Waals surface area contributed by atoms with Crippen LogP contribution < -0.4 is 4.74 Å². The highest BCUT2D eigenvalue weighted by molar-refractivity contribution is 7.39. The fourth-order valence-electron chi connectivity index (χ4n) is 5.90. The van der Waals surface area contributed by atoms with Gasteiger partial charge in [0, 0.05) is 5.56 Å². The van der Waals surface area contributed by atoms with Crippen LogP contribution in [-0.2, 0) is 9.05 Å². The van der Waals surface area contributed by atoms with Gasteiger partial charge in [-0.3, -0.25) is 0 Å². The van der Waals surface area contributed by atoms with Crippen LogP contribution in [0.4, 0.5) is 0 Å². The van der Waals surface area contributed by atoms with Gasteiger partial charge in [-0.25, -0.2) is 0 Å². The molecule has 0 aliphatic heterocycles. The molecule has 2 aromatic rings. The molecule has 0 saturated heterocycles. The average Bonchev–Trinajstić information content (AvgIpc) is 3.02. The van der Waals surface area contributed by atoms with Gasteiger partial charge in [-0.1, -0.05) is 90.8 Å². The van der Waals surface area contributed by atoms with Crippen molar-refractivity contribution in [2.45, 2.75) is 125 Å². The van der Waals surface area contributed by atoms with Crippen LogP contribution in [0.1, 0.15) is 150 Å². The van der Waals surface area contributed by atoms with Crippen LogP contribution in [-0.4, -0.2) is 44.5 Å². The normalized spacial score (nSPS) is 15.8. The molecule has 2 rings (SSSR count). The SMILES string of the molecule is CCC(C)c1cc(C)cc(C(C)CC)c1OC(c1c(C(C)CC)cc(C)cc1C(C)CC)C(CO)(COP(O)O)COP(O)O. The lowest BCUT2D eigenvalue weighted by atomic mass is 9.73. The summed E-state index contributed by atoms with van der Waals surface area (Å²) in [6, 6.07) is 8.68. The predicted molar refractivity (Wildman–Crippen MR) is 185 cm³/mol. The quantitative estimate of drug-likeness (QED) is 0.0939. The van der Waals surface area contributed by atoms with Gasteiger partial charge in [0.25, 0.3) is 0 Å². The largest absolute Gasteiger partial charge is 0.484 e. The molecule has 5 unspecified atom stereocenters. The topological polar surface area (TPSA) is 129 Å². The summed E-state index contributed by atoms with van der Waals surface area (Å²) in [5.41, 5.74) is 5.98. The lowest BCUT2D eigenvalue weighted by molar-refractivity contribution is -0.0668. The Morgan fingerprint density at radius 1 is 0.622 bits per heavy atom. The summed E-state index contributed by atoms with van der Waals surface area (Å²) < 4.78 is 18.3. The fourth-order valence-corrected chi connectivity index (χ4v) is 6.64. The average molecular weight is 669 g/mol. The molecule has 0 fully saturated rings. The van der Waals surface area contributed by atoms with Crippen LogP contribution in [0.3, 0.4) is 0 Å². The van der Waals surface area contributed by atoms with Gasteiger partial charge in [-0.2, -0.15) is 0 Å². The molecule has 0 heterocycles. The van der Waals surface area contributed by atoms with Crippen LogP contribution in [0.25, 0.3) is 0 Å². The Bertz CT molecular complexity index is 1130. The fraction of sp³-hybridized carbons (Fsp3) is 0.657. The zero-order chi connectivity index (χ0) is 34.1. The second-order valence-electron chi connectivity index (χ2n) is 12.9. The lowest BCUT2D eigenvalue weighted by Gasteiger charge is -2.42. The number of aryl methyl sites for hydroxylation is 2. The van der Waals surface area contributed by atoms with Gasteiger partial charge in [0.05, 0.1) is 25.2 Å². The molecular formula is C35H58O8P2. The third-order valence-electron chi connectivity index (χ3n) is 9.56. The number of ether oxygens (including phenoxy) is 1. The van der Waals surface area contributed by atoms with E-state index in [0.717, 1.165) is 70.4 Å². The van der Waals surface area contributed by atoms with Crippen molar-refractivity contribution in [2.75, 3.05) is 19.8 Å². The van der Waals surface area contributed by atoms with E-state index in [0.29, 0.717) is 0 Å². The Morgan fingerprint density at radius 3 is 1.27 bits per heavy atom. The highest BCUT2D eigenvalue weighted by Gasteiger charge is 2.47. The summed E-state index contributed by atoms with van der Waals surface area (Å²) in [6.07, 6.45) is 2.59. The number of aliphatic hydroxyl groups excluding tert-OH is 1. The molecule has 256 valence electrons. The first-order valence-corrected chi connectivity index (χ1v) is 18.7. The molecule has 0 spiro atoms. The van der Waals surface area contributed by atoms with E-state index in [1.54, 1.807) is 0 Å². The van der Waals surface area contributed by atoms with Crippen molar-refractivity contribution >= 4 is 17.2 Å². The van der Waals surface area contributed by atoms with E-state index >= 15 is 0 Å². The molecular weight excluding hydrogens is 610 g/mol. The Morgan fingerprint density at radius 2 is 0.956 bits per heavy atom. The van der Waals surface area contributed by atoms with Crippen molar-refractivity contribution in [3.05, 3.63) is 63.2 Å². The van der Waals surface area contributed by atoms with Gasteiger partial charge in [-0.15, -0.1) is 0 Å². The van der Waals surface area contributed by atoms with E-state index in [1.165, 1.54) is 0 Å². The summed E-state index contributed by atoms with van der Waals surface area (Å²) in [6.45, 7) is 20.2. The predicted octanol–water partition coefficient (Wildman–Crippen LogP) is 8.91. The first-order valence-electron chi connectivity index (χ1n) is 16.4. The zero-order valence-corrected chi connectivity index (χ0v) is 30.8. The molecule has 0 saturated carbocycles. The van der Waals surface area contributed by atoms with E-state index in [1.807, 2.05) is 0 Å². The third kappa shape index (κ3) is 10.2. The lowest BCUT2D eigenvalue weighted by Crippen LogP contribution is -2.45. The van der Waals surface area contributed by atoms with Gasteiger partial charge in [-0.05, 0) is 85.5 Å². The maximum atomic E-state index is 11.3. The summed E-state index contributed by atoms with van der Waals surface area (Å²) in [5, 5.41) is 11.3. The molecule has 5 atom stereocenters. The molecule has 0 aliphatic rings. The molecule has 0 amide bonds. The van der Waals surface area contributed by atoms with E-state index in [9.17, 15) is 24.7 Å². The van der Waals surface area contributed by atoms with Gasteiger partial charge in [0.15, 0.2) is 0 Å². The Balaban J connectivity index is 3.18. The van der Waals surface area contributed by atoms with Gasteiger partial charge in [0.1, 0.15) is 11.9 Å². The van der Waals surface area contributed by atoms with Crippen LogP contribution in [0, 0.1) is 19.3 Å². The standard InChI is InChI=1S/C35H58O8P2/c1-11-24(7)28-15-22(5)16-29(25(8)12-2)32(28)34(35(19-36,20-41-44(37)38)21-42-45(39)40)43-33-30(26(9)13-3)17-23(6)18-31(33)27(10)14-4/h15-18,24-27,34,36-40H,11-14,19-21H2,1-10H3. The third-order valence-corrected chi connectivity index (χ3v) is 10.3. The van der Waals surface area contributed by atoms with Crippen molar-refractivity contribution in [1.29, 1.82) is 0 Å². The van der Waals surface area contributed by atoms with E-state index in [2.05, 4.69) is 93.5 Å². The van der Waals surface area contributed by atoms with Crippen LogP contribution >= 0.6 is 17.2 Å². The second kappa shape index (κ2) is 18.4. The Labute approximate surface area is 274 Å². The smallest absolute Gasteiger partial charge is 0.327 e. The highest BCUT2D eigenvalue weighted by atomic mass is 31.2. The van der Waals surface area contributed by atoms with E-state index in [4.69, 9.17) is 13.8 Å². The van der Waals surface area contributed by atoms with Crippen LogP contribution in [0.2, 0.25) is 0 Å². The highest BCUT2D eigenvalue weighted by Crippen LogP contribution is 2.50. The van der Waals surface area contributed by atoms with Crippen molar-refractivity contribution in [3.8, 4) is 5.75 Å². The van der Waals surface area contributed by atoms with E-state index in [-0.39, 0.29) is 36.9 Å². The van der Waals surface area contributed by atoms with Crippen LogP contribution in [0.5, 0.6) is 5.75 Å². The number of hydrogen-bond donors (Lipinski definition) is 5. The Kier molecular flexibility index (Phi) is 16.3. The van der Waals surface area contributed by atoms with Crippen LogP contribution in [0.15, 0.2) is 24.3 Å². The molecule has 8 nitrogen and oxygen atoms in total. The van der Waals surface area contributed by atoms with Crippen molar-refractivity contribution in [3.63, 3.8) is 0 Å². The monoisotopic (exact) mass is 668 g/mol. The molecule has 10 heteroatoms. The first-order chi connectivity index (χ1) is 21.2. The minimum Gasteiger partial charge on any atom is -0.484 e. The van der Waals surface area contributed by atoms with Gasteiger partial charge in [0.2, 0.25) is 0 Å². The van der Waals surface area contributed by atoms with Gasteiger partial charge < -0.3 is 38.5 Å². The first kappa shape index (κ1) is 40.0. The Hall–Kier alpha value is -1.18. The zero-order valence-electron chi connectivity index (χ0n) is 29.0. The summed E-state index contributed by atoms with van der Waals surface area (Å²) >= 11 is 0.